The minimum Gasteiger partial charge on any atom is -0.325 e. The summed E-state index contributed by atoms with van der Waals surface area (Å²) in [6, 6.07) is 2.85. The molecule has 0 spiro atoms. The Morgan fingerprint density at radius 3 is 2.27 bits per heavy atom. The molecule has 22 heavy (non-hydrogen) atoms. The molecule has 3 N–H and O–H groups in total. The lowest BCUT2D eigenvalue weighted by atomic mass is 10.1. The standard InChI is InChI=1S/C11H10F5N3O2S/c12-10(13,5-18)6-19-22(20,21)8-2-1-7(4-17)9(3-8)11(14,15)16/h1-3,19H,5-6,18H2. The van der Waals surface area contributed by atoms with Crippen LogP contribution < -0.4 is 10.5 Å². The molecule has 0 bridgehead atoms. The lowest BCUT2D eigenvalue weighted by Crippen LogP contribution is -2.41. The molecule has 0 aliphatic rings. The van der Waals surface area contributed by atoms with Crippen LogP contribution in [-0.4, -0.2) is 27.4 Å². The Hall–Kier alpha value is -1.77. The fourth-order valence-corrected chi connectivity index (χ4v) is 2.47. The summed E-state index contributed by atoms with van der Waals surface area (Å²) in [5.41, 5.74) is 2.48. The summed E-state index contributed by atoms with van der Waals surface area (Å²) < 4.78 is 89.0. The fourth-order valence-electron chi connectivity index (χ4n) is 1.38. The molecule has 0 saturated heterocycles. The Labute approximate surface area is 122 Å². The van der Waals surface area contributed by atoms with Crippen molar-refractivity contribution < 1.29 is 30.4 Å². The van der Waals surface area contributed by atoms with Crippen LogP contribution in [0.5, 0.6) is 0 Å². The van der Waals surface area contributed by atoms with E-state index in [0.717, 1.165) is 6.07 Å². The summed E-state index contributed by atoms with van der Waals surface area (Å²) in [6.45, 7) is -2.48. The van der Waals surface area contributed by atoms with Crippen molar-refractivity contribution in [2.45, 2.75) is 17.0 Å². The van der Waals surface area contributed by atoms with Gasteiger partial charge in [-0.1, -0.05) is 0 Å². The number of nitriles is 1. The Bertz CT molecular complexity index is 695. The van der Waals surface area contributed by atoms with Crippen molar-refractivity contribution in [2.75, 3.05) is 13.1 Å². The van der Waals surface area contributed by atoms with Crippen LogP contribution in [0.25, 0.3) is 0 Å². The van der Waals surface area contributed by atoms with Crippen LogP contribution in [0.15, 0.2) is 23.1 Å². The highest BCUT2D eigenvalue weighted by molar-refractivity contribution is 7.89. The molecular formula is C11H10F5N3O2S. The van der Waals surface area contributed by atoms with E-state index in [9.17, 15) is 30.4 Å². The first kappa shape index (κ1) is 18.3. The summed E-state index contributed by atoms with van der Waals surface area (Å²) in [5, 5.41) is 8.59. The number of alkyl halides is 5. The molecule has 5 nitrogen and oxygen atoms in total. The van der Waals surface area contributed by atoms with Gasteiger partial charge in [-0.3, -0.25) is 0 Å². The molecule has 1 aromatic carbocycles. The van der Waals surface area contributed by atoms with E-state index < -0.39 is 51.2 Å². The molecule has 0 saturated carbocycles. The first-order chi connectivity index (χ1) is 9.93. The van der Waals surface area contributed by atoms with E-state index in [2.05, 4.69) is 0 Å². The summed E-state index contributed by atoms with van der Waals surface area (Å²) >= 11 is 0. The maximum Gasteiger partial charge on any atom is 0.417 e. The van der Waals surface area contributed by atoms with Crippen LogP contribution in [0.1, 0.15) is 11.1 Å². The highest BCUT2D eigenvalue weighted by atomic mass is 32.2. The van der Waals surface area contributed by atoms with Crippen LogP contribution in [-0.2, 0) is 16.2 Å². The fraction of sp³-hybridized carbons (Fsp3) is 0.364. The van der Waals surface area contributed by atoms with Crippen molar-refractivity contribution in [3.05, 3.63) is 29.3 Å². The molecule has 0 atom stereocenters. The molecule has 1 aromatic rings. The number of sulfonamides is 1. The first-order valence-electron chi connectivity index (χ1n) is 5.62. The van der Waals surface area contributed by atoms with Gasteiger partial charge >= 0.3 is 6.18 Å². The Kier molecular flexibility index (Phi) is 5.11. The third kappa shape index (κ3) is 4.36. The van der Waals surface area contributed by atoms with E-state index in [0.29, 0.717) is 6.07 Å². The molecule has 0 aromatic heterocycles. The number of nitrogens with two attached hydrogens (primary N) is 1. The second-order valence-electron chi connectivity index (χ2n) is 4.20. The molecule has 1 rings (SSSR count). The van der Waals surface area contributed by atoms with Gasteiger partial charge in [0.05, 0.1) is 35.2 Å². The number of hydrogen-bond donors (Lipinski definition) is 2. The predicted molar refractivity (Wildman–Crippen MR) is 65.3 cm³/mol. The highest BCUT2D eigenvalue weighted by Gasteiger charge is 2.35. The average Bonchev–Trinajstić information content (AvgIpc) is 2.44. The van der Waals surface area contributed by atoms with Gasteiger partial charge in [0, 0.05) is 0 Å². The van der Waals surface area contributed by atoms with Crippen molar-refractivity contribution in [1.82, 2.24) is 4.72 Å². The van der Waals surface area contributed by atoms with Crippen LogP contribution in [0, 0.1) is 11.3 Å². The number of hydrogen-bond acceptors (Lipinski definition) is 4. The van der Waals surface area contributed by atoms with Crippen LogP contribution in [0.2, 0.25) is 0 Å². The van der Waals surface area contributed by atoms with E-state index in [-0.39, 0.29) is 6.07 Å². The number of halogens is 5. The number of benzene rings is 1. The topological polar surface area (TPSA) is 96.0 Å². The SMILES string of the molecule is N#Cc1ccc(S(=O)(=O)NCC(F)(F)CN)cc1C(F)(F)F. The van der Waals surface area contributed by atoms with Gasteiger partial charge in [0.15, 0.2) is 0 Å². The van der Waals surface area contributed by atoms with Crippen LogP contribution in [0.3, 0.4) is 0 Å². The van der Waals surface area contributed by atoms with E-state index in [1.165, 1.54) is 10.8 Å². The highest BCUT2D eigenvalue weighted by Crippen LogP contribution is 2.33. The molecule has 0 amide bonds. The van der Waals surface area contributed by atoms with Crippen molar-refractivity contribution in [3.63, 3.8) is 0 Å². The maximum atomic E-state index is 12.9. The second kappa shape index (κ2) is 6.15. The third-order valence-corrected chi connectivity index (χ3v) is 3.95. The van der Waals surface area contributed by atoms with Gasteiger partial charge in [-0.2, -0.15) is 18.4 Å². The van der Waals surface area contributed by atoms with Crippen molar-refractivity contribution in [1.29, 1.82) is 5.26 Å². The third-order valence-electron chi connectivity index (χ3n) is 2.55. The van der Waals surface area contributed by atoms with Gasteiger partial charge in [0.2, 0.25) is 10.0 Å². The minimum atomic E-state index is -4.96. The molecule has 0 heterocycles. The van der Waals surface area contributed by atoms with E-state index >= 15 is 0 Å². The Morgan fingerprint density at radius 1 is 1.23 bits per heavy atom. The average molecular weight is 343 g/mol. The molecule has 0 fully saturated rings. The van der Waals surface area contributed by atoms with Crippen molar-refractivity contribution >= 4 is 10.0 Å². The molecule has 0 aliphatic heterocycles. The quantitative estimate of drug-likeness (QED) is 0.791. The minimum absolute atomic E-state index is 0.210. The molecule has 0 radical (unpaired) electrons. The molecular weight excluding hydrogens is 333 g/mol. The predicted octanol–water partition coefficient (Wildman–Crippen LogP) is 1.45. The van der Waals surface area contributed by atoms with Gasteiger partial charge in [0.25, 0.3) is 5.92 Å². The number of nitrogens with one attached hydrogen (secondary N) is 1. The summed E-state index contributed by atoms with van der Waals surface area (Å²) in [6.07, 6.45) is -4.96. The lowest BCUT2D eigenvalue weighted by Gasteiger charge is -2.15. The monoisotopic (exact) mass is 343 g/mol. The van der Waals surface area contributed by atoms with Gasteiger partial charge < -0.3 is 5.73 Å². The first-order valence-corrected chi connectivity index (χ1v) is 7.10. The van der Waals surface area contributed by atoms with Crippen molar-refractivity contribution in [2.24, 2.45) is 5.73 Å². The lowest BCUT2D eigenvalue weighted by molar-refractivity contribution is -0.137. The van der Waals surface area contributed by atoms with Gasteiger partial charge in [0.1, 0.15) is 0 Å². The Morgan fingerprint density at radius 2 is 1.82 bits per heavy atom. The van der Waals surface area contributed by atoms with Gasteiger partial charge in [-0.25, -0.2) is 21.9 Å². The smallest absolute Gasteiger partial charge is 0.325 e. The van der Waals surface area contributed by atoms with E-state index in [1.54, 1.807) is 0 Å². The molecule has 0 unspecified atom stereocenters. The molecule has 0 aliphatic carbocycles. The second-order valence-corrected chi connectivity index (χ2v) is 5.97. The zero-order chi connectivity index (χ0) is 17.2. The zero-order valence-corrected chi connectivity index (χ0v) is 11.6. The van der Waals surface area contributed by atoms with Crippen LogP contribution in [0.4, 0.5) is 22.0 Å². The molecule has 11 heteroatoms. The summed E-state index contributed by atoms with van der Waals surface area (Å²) in [7, 11) is -4.61. The van der Waals surface area contributed by atoms with E-state index in [1.807, 2.05) is 0 Å². The van der Waals surface area contributed by atoms with Crippen LogP contribution >= 0.6 is 0 Å². The maximum absolute atomic E-state index is 12.9. The normalized spacial score (nSPS) is 13.0. The van der Waals surface area contributed by atoms with E-state index in [4.69, 9.17) is 11.0 Å². The van der Waals surface area contributed by atoms with Crippen molar-refractivity contribution in [3.8, 4) is 6.07 Å². The summed E-state index contributed by atoms with van der Waals surface area (Å²) in [4.78, 5) is -0.883. The number of rotatable bonds is 5. The molecule has 122 valence electrons. The zero-order valence-electron chi connectivity index (χ0n) is 10.8. The van der Waals surface area contributed by atoms with Gasteiger partial charge in [-0.05, 0) is 18.2 Å². The Balaban J connectivity index is 3.20. The number of nitrogens with zero attached hydrogens (tertiary/aromatic N) is 1. The van der Waals surface area contributed by atoms with Gasteiger partial charge in [-0.15, -0.1) is 0 Å². The summed E-state index contributed by atoms with van der Waals surface area (Å²) in [5.74, 6) is -3.54. The largest absolute Gasteiger partial charge is 0.417 e.